The molecule has 2 heterocycles. The standard InChI is InChI=1S/C23H22N2O5/c1-26-15-8-6-11-13-10-14-12-7-9-16(27-2)22(29-4)18(12)25-20(14)23(30-5)19(13)24-17(11)21(15)28-3/h6-10,24-25H,1-5H3. The summed E-state index contributed by atoms with van der Waals surface area (Å²) in [6.45, 7) is 0. The highest BCUT2D eigenvalue weighted by molar-refractivity contribution is 6.22. The van der Waals surface area contributed by atoms with Crippen molar-refractivity contribution in [3.63, 3.8) is 0 Å². The topological polar surface area (TPSA) is 77.7 Å². The molecule has 2 N–H and O–H groups in total. The van der Waals surface area contributed by atoms with Crippen LogP contribution in [0.2, 0.25) is 0 Å². The van der Waals surface area contributed by atoms with Crippen molar-refractivity contribution >= 4 is 43.6 Å². The molecule has 7 nitrogen and oxygen atoms in total. The van der Waals surface area contributed by atoms with Crippen LogP contribution in [0, 0.1) is 0 Å². The molecule has 0 aliphatic heterocycles. The highest BCUT2D eigenvalue weighted by atomic mass is 16.5. The maximum absolute atomic E-state index is 5.85. The first-order valence-electron chi connectivity index (χ1n) is 9.46. The third kappa shape index (κ3) is 2.26. The van der Waals surface area contributed by atoms with Crippen LogP contribution in [0.3, 0.4) is 0 Å². The minimum absolute atomic E-state index is 0.660. The Morgan fingerprint density at radius 2 is 0.867 bits per heavy atom. The van der Waals surface area contributed by atoms with Gasteiger partial charge in [0, 0.05) is 21.5 Å². The summed E-state index contributed by atoms with van der Waals surface area (Å²) in [6.07, 6.45) is 0. The van der Waals surface area contributed by atoms with Crippen molar-refractivity contribution in [2.24, 2.45) is 0 Å². The van der Waals surface area contributed by atoms with E-state index in [2.05, 4.69) is 16.0 Å². The quantitative estimate of drug-likeness (QED) is 0.430. The Kier molecular flexibility index (Phi) is 4.06. The van der Waals surface area contributed by atoms with Crippen LogP contribution in [0.1, 0.15) is 0 Å². The lowest BCUT2D eigenvalue weighted by Gasteiger charge is -2.08. The first-order chi connectivity index (χ1) is 14.7. The Morgan fingerprint density at radius 3 is 1.23 bits per heavy atom. The van der Waals surface area contributed by atoms with E-state index < -0.39 is 0 Å². The third-order valence-electron chi connectivity index (χ3n) is 5.66. The average Bonchev–Trinajstić information content (AvgIpc) is 3.33. The van der Waals surface area contributed by atoms with Gasteiger partial charge in [0.05, 0.1) is 57.6 Å². The van der Waals surface area contributed by atoms with Gasteiger partial charge in [-0.05, 0) is 30.3 Å². The molecule has 0 atom stereocenters. The lowest BCUT2D eigenvalue weighted by atomic mass is 10.1. The van der Waals surface area contributed by atoms with Gasteiger partial charge in [-0.2, -0.15) is 0 Å². The predicted molar refractivity (Wildman–Crippen MR) is 118 cm³/mol. The number of rotatable bonds is 5. The molecule has 0 radical (unpaired) electrons. The van der Waals surface area contributed by atoms with Crippen LogP contribution in [0.15, 0.2) is 30.3 Å². The van der Waals surface area contributed by atoms with Crippen molar-refractivity contribution in [3.05, 3.63) is 30.3 Å². The van der Waals surface area contributed by atoms with Gasteiger partial charge in [-0.1, -0.05) is 0 Å². The monoisotopic (exact) mass is 406 g/mol. The Bertz CT molecular complexity index is 1330. The molecular formula is C23H22N2O5. The smallest absolute Gasteiger partial charge is 0.184 e. The minimum atomic E-state index is 0.660. The summed E-state index contributed by atoms with van der Waals surface area (Å²) in [7, 11) is 8.20. The molecule has 0 unspecified atom stereocenters. The molecule has 3 aromatic carbocycles. The summed E-state index contributed by atoms with van der Waals surface area (Å²) in [5.41, 5.74) is 3.48. The molecule has 30 heavy (non-hydrogen) atoms. The van der Waals surface area contributed by atoms with Crippen molar-refractivity contribution < 1.29 is 23.7 Å². The number of methoxy groups -OCH3 is 5. The molecule has 0 aliphatic rings. The van der Waals surface area contributed by atoms with E-state index in [9.17, 15) is 0 Å². The third-order valence-corrected chi connectivity index (χ3v) is 5.66. The zero-order valence-corrected chi connectivity index (χ0v) is 17.4. The molecule has 2 aromatic heterocycles. The summed E-state index contributed by atoms with van der Waals surface area (Å²) >= 11 is 0. The van der Waals surface area contributed by atoms with Crippen molar-refractivity contribution in [1.29, 1.82) is 0 Å². The van der Waals surface area contributed by atoms with Crippen molar-refractivity contribution in [2.75, 3.05) is 35.5 Å². The number of nitrogens with one attached hydrogen (secondary N) is 2. The predicted octanol–water partition coefficient (Wildman–Crippen LogP) is 5.00. The van der Waals surface area contributed by atoms with Crippen LogP contribution in [0.4, 0.5) is 0 Å². The average molecular weight is 406 g/mol. The highest BCUT2D eigenvalue weighted by Crippen LogP contribution is 2.46. The summed E-state index contributed by atoms with van der Waals surface area (Å²) in [6, 6.07) is 10.0. The number of hydrogen-bond acceptors (Lipinski definition) is 5. The second-order valence-corrected chi connectivity index (χ2v) is 6.95. The molecule has 7 heteroatoms. The van der Waals surface area contributed by atoms with Crippen LogP contribution in [0.25, 0.3) is 43.6 Å². The zero-order chi connectivity index (χ0) is 21.0. The van der Waals surface area contributed by atoms with Crippen LogP contribution >= 0.6 is 0 Å². The lowest BCUT2D eigenvalue weighted by Crippen LogP contribution is -1.91. The largest absolute Gasteiger partial charge is 0.493 e. The molecule has 0 bridgehead atoms. The molecule has 0 spiro atoms. The Balaban J connectivity index is 1.96. The first kappa shape index (κ1) is 18.3. The number of aromatic nitrogens is 2. The van der Waals surface area contributed by atoms with E-state index in [1.165, 1.54) is 0 Å². The molecule has 0 saturated carbocycles. The number of H-pyrrole nitrogens is 2. The normalized spacial score (nSPS) is 11.5. The van der Waals surface area contributed by atoms with E-state index in [1.54, 1.807) is 35.5 Å². The van der Waals surface area contributed by atoms with Gasteiger partial charge >= 0.3 is 0 Å². The lowest BCUT2D eigenvalue weighted by molar-refractivity contribution is 0.358. The zero-order valence-electron chi connectivity index (χ0n) is 17.4. The molecular weight excluding hydrogens is 384 g/mol. The fraction of sp³-hybridized carbons (Fsp3) is 0.217. The first-order valence-corrected chi connectivity index (χ1v) is 9.46. The molecule has 0 aliphatic carbocycles. The van der Waals surface area contributed by atoms with Crippen LogP contribution in [-0.2, 0) is 0 Å². The van der Waals surface area contributed by atoms with Crippen molar-refractivity contribution in [1.82, 2.24) is 9.97 Å². The summed E-state index contributed by atoms with van der Waals surface area (Å²) in [4.78, 5) is 6.95. The molecule has 0 amide bonds. The SMILES string of the molecule is COc1ccc2c([nH]c3c(OC)c4[nH]c5c(OC)c(OC)ccc5c4cc32)c1OC. The van der Waals surface area contributed by atoms with E-state index in [0.29, 0.717) is 23.0 Å². The highest BCUT2D eigenvalue weighted by Gasteiger charge is 2.21. The van der Waals surface area contributed by atoms with E-state index in [-0.39, 0.29) is 0 Å². The van der Waals surface area contributed by atoms with Gasteiger partial charge in [0.1, 0.15) is 0 Å². The summed E-state index contributed by atoms with van der Waals surface area (Å²) in [5.74, 6) is 3.38. The number of hydrogen-bond donors (Lipinski definition) is 2. The van der Waals surface area contributed by atoms with E-state index in [4.69, 9.17) is 23.7 Å². The van der Waals surface area contributed by atoms with Gasteiger partial charge in [-0.25, -0.2) is 0 Å². The fourth-order valence-corrected chi connectivity index (χ4v) is 4.34. The molecule has 154 valence electrons. The van der Waals surface area contributed by atoms with Crippen LogP contribution < -0.4 is 23.7 Å². The van der Waals surface area contributed by atoms with Gasteiger partial charge in [-0.3, -0.25) is 0 Å². The van der Waals surface area contributed by atoms with E-state index in [0.717, 1.165) is 49.4 Å². The maximum Gasteiger partial charge on any atom is 0.184 e. The minimum Gasteiger partial charge on any atom is -0.493 e. The Morgan fingerprint density at radius 1 is 0.467 bits per heavy atom. The Hall–Kier alpha value is -3.74. The number of ether oxygens (including phenoxy) is 5. The van der Waals surface area contributed by atoms with Crippen molar-refractivity contribution in [2.45, 2.75) is 0 Å². The summed E-state index contributed by atoms with van der Waals surface area (Å²) in [5, 5.41) is 4.12. The van der Waals surface area contributed by atoms with Gasteiger partial charge in [0.25, 0.3) is 0 Å². The van der Waals surface area contributed by atoms with Gasteiger partial charge in [0.2, 0.25) is 0 Å². The van der Waals surface area contributed by atoms with E-state index >= 15 is 0 Å². The second kappa shape index (κ2) is 6.66. The number of aromatic amines is 2. The van der Waals surface area contributed by atoms with Crippen LogP contribution in [-0.4, -0.2) is 45.5 Å². The summed E-state index contributed by atoms with van der Waals surface area (Å²) < 4.78 is 28.0. The maximum atomic E-state index is 5.85. The van der Waals surface area contributed by atoms with Gasteiger partial charge in [-0.15, -0.1) is 0 Å². The van der Waals surface area contributed by atoms with Gasteiger partial charge < -0.3 is 33.7 Å². The number of fused-ring (bicyclic) bond motifs is 6. The molecule has 0 fully saturated rings. The van der Waals surface area contributed by atoms with Gasteiger partial charge in [0.15, 0.2) is 28.7 Å². The van der Waals surface area contributed by atoms with Crippen LogP contribution in [0.5, 0.6) is 28.7 Å². The van der Waals surface area contributed by atoms with Crippen molar-refractivity contribution in [3.8, 4) is 28.7 Å². The fourth-order valence-electron chi connectivity index (χ4n) is 4.34. The Labute approximate surface area is 172 Å². The second-order valence-electron chi connectivity index (χ2n) is 6.95. The molecule has 5 aromatic rings. The molecule has 0 saturated heterocycles. The van der Waals surface area contributed by atoms with E-state index in [1.807, 2.05) is 24.3 Å². The molecule has 5 rings (SSSR count). The number of benzene rings is 3.